The smallest absolute Gasteiger partial charge is 0.323 e. The Balaban J connectivity index is 3.00. The predicted molar refractivity (Wildman–Crippen MR) is 81.1 cm³/mol. The first kappa shape index (κ1) is 16.5. The molecule has 1 aromatic rings. The van der Waals surface area contributed by atoms with E-state index in [0.29, 0.717) is 16.6 Å². The second-order valence-electron chi connectivity index (χ2n) is 4.65. The van der Waals surface area contributed by atoms with Gasteiger partial charge < -0.3 is 20.6 Å². The number of hydrogen-bond donors (Lipinski definition) is 2. The maximum Gasteiger partial charge on any atom is 0.323 e. The minimum atomic E-state index is -0.908. The number of rotatable bonds is 7. The third-order valence-electron chi connectivity index (χ3n) is 2.72. The molecule has 0 saturated carbocycles. The van der Waals surface area contributed by atoms with Crippen molar-refractivity contribution in [1.82, 2.24) is 4.90 Å². The van der Waals surface area contributed by atoms with Gasteiger partial charge >= 0.3 is 5.97 Å². The molecule has 1 rings (SSSR count). The van der Waals surface area contributed by atoms with Crippen LogP contribution in [0.2, 0.25) is 0 Å². The summed E-state index contributed by atoms with van der Waals surface area (Å²) in [7, 11) is 3.84. The number of anilines is 1. The van der Waals surface area contributed by atoms with Crippen LogP contribution in [0.4, 0.5) is 5.69 Å². The highest BCUT2D eigenvalue weighted by Gasteiger charge is 2.15. The Kier molecular flexibility index (Phi) is 5.97. The van der Waals surface area contributed by atoms with Gasteiger partial charge in [0, 0.05) is 23.1 Å². The highest BCUT2D eigenvalue weighted by atomic mass is 79.9. The summed E-state index contributed by atoms with van der Waals surface area (Å²) in [6, 6.07) is 4.89. The van der Waals surface area contributed by atoms with Crippen LogP contribution in [0.15, 0.2) is 22.7 Å². The zero-order chi connectivity index (χ0) is 15.3. The molecule has 20 heavy (non-hydrogen) atoms. The summed E-state index contributed by atoms with van der Waals surface area (Å²) in [6.07, 6.45) is 0. The first-order valence-corrected chi connectivity index (χ1v) is 6.81. The van der Waals surface area contributed by atoms with Crippen molar-refractivity contribution in [3.8, 4) is 0 Å². The minimum absolute atomic E-state index is 0.109. The molecule has 1 aromatic carbocycles. The molecule has 110 valence electrons. The number of carboxylic acids is 1. The van der Waals surface area contributed by atoms with Gasteiger partial charge in [-0.25, -0.2) is 0 Å². The van der Waals surface area contributed by atoms with Gasteiger partial charge in [-0.15, -0.1) is 0 Å². The largest absolute Gasteiger partial charge is 0.480 e. The van der Waals surface area contributed by atoms with Crippen LogP contribution in [-0.2, 0) is 4.79 Å². The fourth-order valence-electron chi connectivity index (χ4n) is 1.69. The summed E-state index contributed by atoms with van der Waals surface area (Å²) >= 11 is 3.36. The number of carbonyl (C=O) groups is 2. The monoisotopic (exact) mass is 343 g/mol. The number of halogens is 1. The number of primary amides is 1. The van der Waals surface area contributed by atoms with Crippen LogP contribution in [0.25, 0.3) is 0 Å². The van der Waals surface area contributed by atoms with Crippen molar-refractivity contribution in [3.63, 3.8) is 0 Å². The van der Waals surface area contributed by atoms with E-state index in [-0.39, 0.29) is 6.54 Å². The zero-order valence-corrected chi connectivity index (χ0v) is 13.1. The lowest BCUT2D eigenvalue weighted by Crippen LogP contribution is -2.35. The van der Waals surface area contributed by atoms with Gasteiger partial charge in [-0.1, -0.05) is 0 Å². The molecule has 0 fully saturated rings. The third-order valence-corrected chi connectivity index (χ3v) is 3.35. The molecule has 0 bridgehead atoms. The summed E-state index contributed by atoms with van der Waals surface area (Å²) in [5.41, 5.74) is 6.31. The van der Waals surface area contributed by atoms with E-state index in [2.05, 4.69) is 15.9 Å². The normalized spacial score (nSPS) is 10.6. The van der Waals surface area contributed by atoms with Crippen molar-refractivity contribution < 1.29 is 14.7 Å². The quantitative estimate of drug-likeness (QED) is 0.771. The van der Waals surface area contributed by atoms with E-state index >= 15 is 0 Å². The number of carbonyl (C=O) groups excluding carboxylic acids is 1. The molecule has 0 radical (unpaired) electrons. The van der Waals surface area contributed by atoms with Gasteiger partial charge in [-0.2, -0.15) is 0 Å². The SMILES string of the molecule is CN(C)CCN(CC(=O)O)c1ccc(C(N)=O)cc1Br. The number of carboxylic acid groups (broad SMARTS) is 1. The van der Waals surface area contributed by atoms with Gasteiger partial charge in [0.1, 0.15) is 6.54 Å². The van der Waals surface area contributed by atoms with Crippen molar-refractivity contribution in [2.75, 3.05) is 38.6 Å². The molecule has 0 atom stereocenters. The zero-order valence-electron chi connectivity index (χ0n) is 11.5. The van der Waals surface area contributed by atoms with Crippen LogP contribution < -0.4 is 10.6 Å². The molecule has 0 heterocycles. The number of benzene rings is 1. The summed E-state index contributed by atoms with van der Waals surface area (Å²) in [5, 5.41) is 9.00. The Labute approximate surface area is 126 Å². The Bertz CT molecular complexity index is 506. The Morgan fingerprint density at radius 1 is 1.30 bits per heavy atom. The van der Waals surface area contributed by atoms with E-state index in [0.717, 1.165) is 12.2 Å². The Morgan fingerprint density at radius 2 is 1.95 bits per heavy atom. The predicted octanol–water partition coefficient (Wildman–Crippen LogP) is 1.00. The second-order valence-corrected chi connectivity index (χ2v) is 5.50. The molecule has 1 amide bonds. The Morgan fingerprint density at radius 3 is 2.40 bits per heavy atom. The highest BCUT2D eigenvalue weighted by molar-refractivity contribution is 9.10. The first-order chi connectivity index (χ1) is 9.31. The standard InChI is InChI=1S/C13H18BrN3O3/c1-16(2)5-6-17(8-12(18)19)11-4-3-9(13(15)20)7-10(11)14/h3-4,7H,5-6,8H2,1-2H3,(H2,15,20)(H,18,19). The first-order valence-electron chi connectivity index (χ1n) is 6.02. The third kappa shape index (κ3) is 4.82. The summed E-state index contributed by atoms with van der Waals surface area (Å²) in [6.45, 7) is 1.17. The fourth-order valence-corrected chi connectivity index (χ4v) is 2.31. The van der Waals surface area contributed by atoms with Gasteiger partial charge in [0.2, 0.25) is 5.91 Å². The number of nitrogens with zero attached hydrogens (tertiary/aromatic N) is 2. The minimum Gasteiger partial charge on any atom is -0.480 e. The molecule has 6 nitrogen and oxygen atoms in total. The van der Waals surface area contributed by atoms with Crippen molar-refractivity contribution >= 4 is 33.5 Å². The average molecular weight is 344 g/mol. The van der Waals surface area contributed by atoms with Crippen molar-refractivity contribution in [2.24, 2.45) is 5.73 Å². The van der Waals surface area contributed by atoms with Crippen LogP contribution in [-0.4, -0.2) is 55.6 Å². The number of aliphatic carboxylic acids is 1. The highest BCUT2D eigenvalue weighted by Crippen LogP contribution is 2.27. The van der Waals surface area contributed by atoms with Gasteiger partial charge in [-0.05, 0) is 48.2 Å². The Hall–Kier alpha value is -1.60. The van der Waals surface area contributed by atoms with Crippen LogP contribution in [0.3, 0.4) is 0 Å². The topological polar surface area (TPSA) is 86.9 Å². The number of nitrogens with two attached hydrogens (primary N) is 1. The summed E-state index contributed by atoms with van der Waals surface area (Å²) in [5.74, 6) is -1.43. The van der Waals surface area contributed by atoms with Gasteiger partial charge in [0.15, 0.2) is 0 Å². The van der Waals surface area contributed by atoms with E-state index in [1.165, 1.54) is 0 Å². The van der Waals surface area contributed by atoms with Crippen LogP contribution in [0.1, 0.15) is 10.4 Å². The van der Waals surface area contributed by atoms with E-state index in [1.54, 1.807) is 23.1 Å². The van der Waals surface area contributed by atoms with Crippen LogP contribution in [0, 0.1) is 0 Å². The molecular weight excluding hydrogens is 326 g/mol. The fraction of sp³-hybridized carbons (Fsp3) is 0.385. The van der Waals surface area contributed by atoms with E-state index in [4.69, 9.17) is 10.8 Å². The molecular formula is C13H18BrN3O3. The molecule has 0 aromatic heterocycles. The maximum atomic E-state index is 11.1. The van der Waals surface area contributed by atoms with Gasteiger partial charge in [-0.3, -0.25) is 9.59 Å². The summed E-state index contributed by atoms with van der Waals surface area (Å²) < 4.78 is 0.647. The molecule has 7 heteroatoms. The number of likely N-dealkylation sites (N-methyl/N-ethyl adjacent to an activating group) is 1. The average Bonchev–Trinajstić information content (AvgIpc) is 2.33. The lowest BCUT2D eigenvalue weighted by atomic mass is 10.2. The summed E-state index contributed by atoms with van der Waals surface area (Å²) in [4.78, 5) is 25.8. The molecule has 0 saturated heterocycles. The lowest BCUT2D eigenvalue weighted by Gasteiger charge is -2.25. The maximum absolute atomic E-state index is 11.1. The molecule has 0 aliphatic rings. The van der Waals surface area contributed by atoms with Crippen molar-refractivity contribution in [1.29, 1.82) is 0 Å². The van der Waals surface area contributed by atoms with Crippen LogP contribution >= 0.6 is 15.9 Å². The van der Waals surface area contributed by atoms with Crippen molar-refractivity contribution in [2.45, 2.75) is 0 Å². The van der Waals surface area contributed by atoms with E-state index < -0.39 is 11.9 Å². The van der Waals surface area contributed by atoms with E-state index in [1.807, 2.05) is 19.0 Å². The van der Waals surface area contributed by atoms with Crippen LogP contribution in [0.5, 0.6) is 0 Å². The number of amides is 1. The second kappa shape index (κ2) is 7.25. The molecule has 0 spiro atoms. The molecule has 3 N–H and O–H groups in total. The molecule has 0 aliphatic heterocycles. The molecule has 0 unspecified atom stereocenters. The van der Waals surface area contributed by atoms with Gasteiger partial charge in [0.25, 0.3) is 0 Å². The molecule has 0 aliphatic carbocycles. The van der Waals surface area contributed by atoms with Gasteiger partial charge in [0.05, 0.1) is 5.69 Å². The lowest BCUT2D eigenvalue weighted by molar-refractivity contribution is -0.135. The van der Waals surface area contributed by atoms with Crippen molar-refractivity contribution in [3.05, 3.63) is 28.2 Å². The number of hydrogen-bond acceptors (Lipinski definition) is 4. The van der Waals surface area contributed by atoms with E-state index in [9.17, 15) is 9.59 Å².